The number of halogens is 1. The highest BCUT2D eigenvalue weighted by molar-refractivity contribution is 14.1. The van der Waals surface area contributed by atoms with Crippen molar-refractivity contribution in [3.63, 3.8) is 0 Å². The van der Waals surface area contributed by atoms with Crippen LogP contribution in [0.15, 0.2) is 66.8 Å². The summed E-state index contributed by atoms with van der Waals surface area (Å²) in [5.74, 6) is 1.27. The quantitative estimate of drug-likeness (QED) is 0.320. The van der Waals surface area contributed by atoms with Crippen LogP contribution in [0, 0.1) is 15.4 Å². The molecule has 0 fully saturated rings. The van der Waals surface area contributed by atoms with Crippen molar-refractivity contribution in [1.82, 2.24) is 0 Å². The second-order valence-electron chi connectivity index (χ2n) is 8.30. The second-order valence-corrected chi connectivity index (χ2v) is 9.55. The molecule has 0 radical (unpaired) electrons. The van der Waals surface area contributed by atoms with Gasteiger partial charge in [0.2, 0.25) is 0 Å². The Morgan fingerprint density at radius 2 is 1.73 bits per heavy atom. The van der Waals surface area contributed by atoms with E-state index < -0.39 is 0 Å². The van der Waals surface area contributed by atoms with Gasteiger partial charge in [-0.3, -0.25) is 0 Å². The van der Waals surface area contributed by atoms with Gasteiger partial charge in [0.25, 0.3) is 0 Å². The lowest BCUT2D eigenvalue weighted by Gasteiger charge is -2.27. The summed E-state index contributed by atoms with van der Waals surface area (Å²) in [6, 6.07) is 14.0. The summed E-state index contributed by atoms with van der Waals surface area (Å²) in [6.07, 6.45) is 14.4. The lowest BCUT2D eigenvalue weighted by Crippen LogP contribution is -2.16. The maximum absolute atomic E-state index is 2.51. The number of rotatable bonds is 1. The first-order valence-electron chi connectivity index (χ1n) is 9.56. The van der Waals surface area contributed by atoms with Crippen LogP contribution in [0.1, 0.15) is 43.4 Å². The maximum atomic E-state index is 2.51. The van der Waals surface area contributed by atoms with Crippen LogP contribution in [0.3, 0.4) is 0 Å². The predicted molar refractivity (Wildman–Crippen MR) is 119 cm³/mol. The summed E-state index contributed by atoms with van der Waals surface area (Å²) in [5, 5.41) is 0. The van der Waals surface area contributed by atoms with Crippen LogP contribution in [-0.4, -0.2) is 0 Å². The third kappa shape index (κ3) is 2.47. The predicted octanol–water partition coefficient (Wildman–Crippen LogP) is 7.13. The molecule has 0 nitrogen and oxygen atoms in total. The molecule has 0 N–H and O–H groups in total. The zero-order chi connectivity index (χ0) is 17.9. The van der Waals surface area contributed by atoms with Crippen LogP contribution in [0.2, 0.25) is 0 Å². The van der Waals surface area contributed by atoms with E-state index in [-0.39, 0.29) is 5.41 Å². The van der Waals surface area contributed by atoms with E-state index in [4.69, 9.17) is 0 Å². The molecule has 2 atom stereocenters. The van der Waals surface area contributed by atoms with E-state index in [0.717, 1.165) is 0 Å². The van der Waals surface area contributed by atoms with Gasteiger partial charge in [0.05, 0.1) is 0 Å². The molecule has 2 unspecified atom stereocenters. The normalized spacial score (nSPS) is 24.7. The first-order chi connectivity index (χ1) is 12.5. The molecule has 0 bridgehead atoms. The molecule has 0 spiro atoms. The molecule has 0 amide bonds. The highest BCUT2D eigenvalue weighted by Gasteiger charge is 2.35. The first kappa shape index (κ1) is 16.6. The number of benzene rings is 2. The Bertz CT molecular complexity index is 987. The van der Waals surface area contributed by atoms with Crippen molar-refractivity contribution in [2.24, 2.45) is 11.8 Å². The third-order valence-electron chi connectivity index (χ3n) is 6.38. The zero-order valence-corrected chi connectivity index (χ0v) is 17.5. The lowest BCUT2D eigenvalue weighted by molar-refractivity contribution is 0.493. The van der Waals surface area contributed by atoms with Crippen LogP contribution < -0.4 is 0 Å². The molecular weight excluding hydrogens is 427 g/mol. The van der Waals surface area contributed by atoms with Gasteiger partial charge < -0.3 is 0 Å². The van der Waals surface area contributed by atoms with Crippen molar-refractivity contribution in [1.29, 1.82) is 0 Å². The van der Waals surface area contributed by atoms with E-state index in [2.05, 4.69) is 103 Å². The smallest absolute Gasteiger partial charge is 0.0159 e. The van der Waals surface area contributed by atoms with Crippen molar-refractivity contribution >= 4 is 28.2 Å². The van der Waals surface area contributed by atoms with Crippen LogP contribution in [0.5, 0.6) is 0 Å². The van der Waals surface area contributed by atoms with Crippen molar-refractivity contribution in [2.75, 3.05) is 0 Å². The minimum Gasteiger partial charge on any atom is -0.0879 e. The van der Waals surface area contributed by atoms with Crippen LogP contribution in [-0.2, 0) is 5.41 Å². The van der Waals surface area contributed by atoms with E-state index in [1.165, 1.54) is 49.8 Å². The Labute approximate surface area is 169 Å². The lowest BCUT2D eigenvalue weighted by atomic mass is 9.77. The van der Waals surface area contributed by atoms with E-state index in [1.54, 1.807) is 0 Å². The van der Waals surface area contributed by atoms with Crippen molar-refractivity contribution < 1.29 is 0 Å². The molecule has 3 aliphatic rings. The Hall–Kier alpha value is -1.61. The molecule has 26 heavy (non-hydrogen) atoms. The summed E-state index contributed by atoms with van der Waals surface area (Å²) in [7, 11) is 0. The fourth-order valence-corrected chi connectivity index (χ4v) is 5.35. The molecule has 5 rings (SSSR count). The molecule has 1 heteroatoms. The third-order valence-corrected chi connectivity index (χ3v) is 7.05. The molecule has 0 saturated heterocycles. The molecule has 2 aromatic rings. The Balaban J connectivity index is 1.59. The van der Waals surface area contributed by atoms with E-state index in [9.17, 15) is 0 Å². The van der Waals surface area contributed by atoms with Gasteiger partial charge in [-0.25, -0.2) is 0 Å². The van der Waals surface area contributed by atoms with Crippen LogP contribution in [0.25, 0.3) is 16.7 Å². The van der Waals surface area contributed by atoms with E-state index in [0.29, 0.717) is 11.8 Å². The molecule has 0 aromatic heterocycles. The van der Waals surface area contributed by atoms with Gasteiger partial charge in [-0.05, 0) is 92.9 Å². The molecule has 3 aliphatic carbocycles. The van der Waals surface area contributed by atoms with Crippen molar-refractivity contribution in [3.05, 3.63) is 87.0 Å². The minimum absolute atomic E-state index is 0.0664. The summed E-state index contributed by atoms with van der Waals surface area (Å²) in [6.45, 7) is 4.73. The Morgan fingerprint density at radius 3 is 2.58 bits per heavy atom. The molecular formula is C25H23I. The SMILES string of the molecule is CC1(C)c2cc(I)ccc2-c2ccc(C3=CC4CCC=CC4C=C3)cc21. The van der Waals surface area contributed by atoms with E-state index in [1.807, 2.05) is 0 Å². The van der Waals surface area contributed by atoms with Gasteiger partial charge in [-0.2, -0.15) is 0 Å². The monoisotopic (exact) mass is 450 g/mol. The van der Waals surface area contributed by atoms with Gasteiger partial charge in [0.15, 0.2) is 0 Å². The summed E-state index contributed by atoms with van der Waals surface area (Å²) < 4.78 is 1.32. The second kappa shape index (κ2) is 5.95. The van der Waals surface area contributed by atoms with Gasteiger partial charge in [0.1, 0.15) is 0 Å². The molecule has 0 heterocycles. The molecule has 0 saturated carbocycles. The van der Waals surface area contributed by atoms with Crippen LogP contribution >= 0.6 is 22.6 Å². The van der Waals surface area contributed by atoms with Crippen molar-refractivity contribution in [2.45, 2.75) is 32.1 Å². The van der Waals surface area contributed by atoms with Gasteiger partial charge >= 0.3 is 0 Å². The maximum Gasteiger partial charge on any atom is 0.0159 e. The summed E-state index contributed by atoms with van der Waals surface area (Å²) >= 11 is 2.42. The molecule has 0 aliphatic heterocycles. The first-order valence-corrected chi connectivity index (χ1v) is 10.6. The summed E-state index contributed by atoms with van der Waals surface area (Å²) in [5.41, 5.74) is 8.56. The average molecular weight is 450 g/mol. The van der Waals surface area contributed by atoms with Gasteiger partial charge in [0, 0.05) is 14.9 Å². The standard InChI is InChI=1S/C25H23I/c1-25(2)23-14-19(18-8-7-16-5-3-4-6-17(16)13-18)9-11-21(23)22-12-10-20(26)15-24(22)25/h3,5,7-17H,4,6H2,1-2H3. The average Bonchev–Trinajstić information content (AvgIpc) is 2.88. The summed E-state index contributed by atoms with van der Waals surface area (Å²) in [4.78, 5) is 0. The Kier molecular flexibility index (Phi) is 3.79. The highest BCUT2D eigenvalue weighted by atomic mass is 127. The van der Waals surface area contributed by atoms with Gasteiger partial charge in [-0.15, -0.1) is 0 Å². The number of fused-ring (bicyclic) bond motifs is 4. The zero-order valence-electron chi connectivity index (χ0n) is 15.3. The van der Waals surface area contributed by atoms with E-state index >= 15 is 0 Å². The minimum atomic E-state index is 0.0664. The molecule has 2 aromatic carbocycles. The number of allylic oxidation sites excluding steroid dienone is 6. The largest absolute Gasteiger partial charge is 0.0879 e. The topological polar surface area (TPSA) is 0 Å². The van der Waals surface area contributed by atoms with Crippen LogP contribution in [0.4, 0.5) is 0 Å². The fraction of sp³-hybridized carbons (Fsp3) is 0.280. The fourth-order valence-electron chi connectivity index (χ4n) is 4.86. The highest BCUT2D eigenvalue weighted by Crippen LogP contribution is 2.50. The molecule has 130 valence electrons. The Morgan fingerprint density at radius 1 is 0.962 bits per heavy atom. The number of hydrogen-bond acceptors (Lipinski definition) is 0. The van der Waals surface area contributed by atoms with Gasteiger partial charge in [-0.1, -0.05) is 62.4 Å². The number of hydrogen-bond donors (Lipinski definition) is 0. The van der Waals surface area contributed by atoms with Crippen molar-refractivity contribution in [3.8, 4) is 11.1 Å².